The number of aliphatic carboxylic acids is 4. The van der Waals surface area contributed by atoms with Gasteiger partial charge in [0.1, 0.15) is 0 Å². The van der Waals surface area contributed by atoms with E-state index in [1.807, 2.05) is 73.3 Å². The maximum atomic E-state index is 10.2. The molecule has 13 heteroatoms. The second kappa shape index (κ2) is 37.8. The molecule has 0 radical (unpaired) electrons. The zero-order valence-corrected chi connectivity index (χ0v) is 36.3. The van der Waals surface area contributed by atoms with Crippen molar-refractivity contribution in [3.63, 3.8) is 0 Å². The number of aromatic nitrogens is 4. The van der Waals surface area contributed by atoms with Crippen molar-refractivity contribution in [2.75, 3.05) is 0 Å². The largest absolute Gasteiger partial charge is 2.00 e. The van der Waals surface area contributed by atoms with Gasteiger partial charge in [0, 0.05) is 101 Å². The molecule has 0 saturated carbocycles. The van der Waals surface area contributed by atoms with Crippen LogP contribution in [0.25, 0.3) is 0 Å². The van der Waals surface area contributed by atoms with Crippen molar-refractivity contribution in [2.24, 2.45) is 0 Å². The van der Waals surface area contributed by atoms with E-state index in [1.54, 1.807) is 0 Å². The summed E-state index contributed by atoms with van der Waals surface area (Å²) < 4.78 is 8.58. The van der Waals surface area contributed by atoms with E-state index >= 15 is 0 Å². The SMILES string of the molecule is O=C(O)CCCCCCn1cccc1.O=C(O)CCCCCCn1cccc1.O=C([O-])CCCCCCn1cccc1.O=C([O-])CCCCCCn1cccc1.[Ca+2]. The third-order valence-corrected chi connectivity index (χ3v) is 8.87. The zero-order valence-electron chi connectivity index (χ0n) is 34.0. The standard InChI is InChI=1S/4C11H17NO2.Ca/c4*13-11(14)7-3-1-2-4-8-12-9-5-6-10-12;/h4*5-6,9-10H,1-4,7-8H2,(H,13,14);/q;;;;+2/p-2. The molecule has 12 nitrogen and oxygen atoms in total. The number of carbonyl (C=O) groups excluding carboxylic acids is 2. The van der Waals surface area contributed by atoms with Gasteiger partial charge < -0.3 is 48.3 Å². The van der Waals surface area contributed by atoms with Gasteiger partial charge in [-0.25, -0.2) is 0 Å². The van der Waals surface area contributed by atoms with Gasteiger partial charge in [-0.2, -0.15) is 0 Å². The van der Waals surface area contributed by atoms with Gasteiger partial charge in [0.15, 0.2) is 0 Å². The van der Waals surface area contributed by atoms with Crippen LogP contribution < -0.4 is 10.2 Å². The Morgan fingerprint density at radius 3 is 0.719 bits per heavy atom. The second-order valence-electron chi connectivity index (χ2n) is 13.9. The monoisotopic (exact) mass is 818 g/mol. The van der Waals surface area contributed by atoms with E-state index in [2.05, 4.69) is 43.1 Å². The summed E-state index contributed by atoms with van der Waals surface area (Å²) in [6.07, 6.45) is 33.4. The van der Waals surface area contributed by atoms with E-state index in [9.17, 15) is 29.4 Å². The van der Waals surface area contributed by atoms with Crippen LogP contribution in [0.5, 0.6) is 0 Å². The van der Waals surface area contributed by atoms with E-state index in [1.165, 1.54) is 0 Å². The molecule has 0 spiro atoms. The number of carboxylic acid groups (broad SMARTS) is 4. The first-order valence-corrected chi connectivity index (χ1v) is 20.4. The van der Waals surface area contributed by atoms with Gasteiger partial charge in [-0.15, -0.1) is 0 Å². The molecular formula is C44H66CaN4O8. The third kappa shape index (κ3) is 36.4. The predicted molar refractivity (Wildman–Crippen MR) is 221 cm³/mol. The summed E-state index contributed by atoms with van der Waals surface area (Å²) >= 11 is 0. The van der Waals surface area contributed by atoms with Gasteiger partial charge in [-0.1, -0.05) is 51.4 Å². The molecule has 312 valence electrons. The Bertz CT molecular complexity index is 1250. The molecule has 0 aliphatic heterocycles. The molecule has 0 aromatic carbocycles. The smallest absolute Gasteiger partial charge is 0.550 e. The van der Waals surface area contributed by atoms with Crippen LogP contribution in [0, 0.1) is 0 Å². The predicted octanol–water partition coefficient (Wildman–Crippen LogP) is 7.04. The van der Waals surface area contributed by atoms with E-state index in [0.29, 0.717) is 12.8 Å². The molecular weight excluding hydrogens is 753 g/mol. The Kier molecular flexibility index (Phi) is 35.3. The Hall–Kier alpha value is -3.74. The van der Waals surface area contributed by atoms with E-state index in [0.717, 1.165) is 129 Å². The summed E-state index contributed by atoms with van der Waals surface area (Å²) in [6.45, 7) is 4.14. The van der Waals surface area contributed by atoms with Crippen molar-refractivity contribution in [3.8, 4) is 0 Å². The third-order valence-electron chi connectivity index (χ3n) is 8.87. The topological polar surface area (TPSA) is 175 Å². The summed E-state index contributed by atoms with van der Waals surface area (Å²) in [5, 5.41) is 37.0. The van der Waals surface area contributed by atoms with Crippen LogP contribution in [0.1, 0.15) is 128 Å². The van der Waals surface area contributed by atoms with Crippen molar-refractivity contribution in [2.45, 2.75) is 155 Å². The summed E-state index contributed by atoms with van der Waals surface area (Å²) in [5.41, 5.74) is 0. The van der Waals surface area contributed by atoms with Gasteiger partial charge in [-0.05, 0) is 113 Å². The molecule has 4 aromatic rings. The zero-order chi connectivity index (χ0) is 40.9. The van der Waals surface area contributed by atoms with Crippen LogP contribution >= 0.6 is 0 Å². The van der Waals surface area contributed by atoms with Crippen LogP contribution in [-0.4, -0.2) is 90.1 Å². The number of carboxylic acids is 4. The molecule has 0 atom stereocenters. The first-order valence-electron chi connectivity index (χ1n) is 20.4. The second-order valence-corrected chi connectivity index (χ2v) is 13.9. The molecule has 0 bridgehead atoms. The average molecular weight is 819 g/mol. The fourth-order valence-electron chi connectivity index (χ4n) is 5.76. The summed E-state index contributed by atoms with van der Waals surface area (Å²) in [5.74, 6) is -3.24. The minimum absolute atomic E-state index is 0. The van der Waals surface area contributed by atoms with E-state index in [4.69, 9.17) is 10.2 Å². The van der Waals surface area contributed by atoms with Crippen molar-refractivity contribution >= 4 is 61.6 Å². The number of carbonyl (C=O) groups is 4. The van der Waals surface area contributed by atoms with Crippen LogP contribution in [-0.2, 0) is 45.4 Å². The van der Waals surface area contributed by atoms with Crippen LogP contribution in [0.15, 0.2) is 98.1 Å². The normalized spacial score (nSPS) is 10.1. The first-order chi connectivity index (χ1) is 27.2. The Morgan fingerprint density at radius 1 is 0.333 bits per heavy atom. The molecule has 0 unspecified atom stereocenters. The van der Waals surface area contributed by atoms with Crippen molar-refractivity contribution in [1.82, 2.24) is 18.3 Å². The maximum absolute atomic E-state index is 10.2. The number of nitrogens with zero attached hydrogens (tertiary/aromatic N) is 4. The van der Waals surface area contributed by atoms with E-state index in [-0.39, 0.29) is 50.6 Å². The molecule has 0 fully saturated rings. The minimum atomic E-state index is -0.935. The van der Waals surface area contributed by atoms with Crippen molar-refractivity contribution in [3.05, 3.63) is 98.1 Å². The van der Waals surface area contributed by atoms with Crippen LogP contribution in [0.4, 0.5) is 0 Å². The van der Waals surface area contributed by atoms with Crippen LogP contribution in [0.2, 0.25) is 0 Å². The number of aryl methyl sites for hydroxylation is 4. The summed E-state index contributed by atoms with van der Waals surface area (Å²) in [7, 11) is 0. The summed E-state index contributed by atoms with van der Waals surface area (Å²) in [4.78, 5) is 40.6. The summed E-state index contributed by atoms with van der Waals surface area (Å²) in [6, 6.07) is 16.1. The Labute approximate surface area is 369 Å². The average Bonchev–Trinajstić information content (AvgIpc) is 4.01. The molecule has 0 aliphatic carbocycles. The molecule has 4 aromatic heterocycles. The molecule has 0 aliphatic rings. The molecule has 57 heavy (non-hydrogen) atoms. The number of rotatable bonds is 28. The molecule has 4 rings (SSSR count). The molecule has 2 N–H and O–H groups in total. The fraction of sp³-hybridized carbons (Fsp3) is 0.545. The Balaban J connectivity index is 0.000000729. The van der Waals surface area contributed by atoms with Crippen LogP contribution in [0.3, 0.4) is 0 Å². The Morgan fingerprint density at radius 2 is 0.526 bits per heavy atom. The quantitative estimate of drug-likeness (QED) is 0.0453. The minimum Gasteiger partial charge on any atom is -0.550 e. The molecule has 0 saturated heterocycles. The molecule has 4 heterocycles. The van der Waals surface area contributed by atoms with Gasteiger partial charge >= 0.3 is 49.7 Å². The maximum Gasteiger partial charge on any atom is 2.00 e. The van der Waals surface area contributed by atoms with Crippen molar-refractivity contribution in [1.29, 1.82) is 0 Å². The van der Waals surface area contributed by atoms with Gasteiger partial charge in [0.2, 0.25) is 0 Å². The number of hydrogen-bond donors (Lipinski definition) is 2. The molecule has 0 amide bonds. The number of unbranched alkanes of at least 4 members (excludes halogenated alkanes) is 12. The van der Waals surface area contributed by atoms with Gasteiger partial charge in [0.25, 0.3) is 0 Å². The fourth-order valence-corrected chi connectivity index (χ4v) is 5.76. The van der Waals surface area contributed by atoms with Gasteiger partial charge in [0.05, 0.1) is 0 Å². The first kappa shape index (κ1) is 53.3. The van der Waals surface area contributed by atoms with E-state index < -0.39 is 23.9 Å². The van der Waals surface area contributed by atoms with Gasteiger partial charge in [-0.3, -0.25) is 9.59 Å². The number of hydrogen-bond acceptors (Lipinski definition) is 6. The van der Waals surface area contributed by atoms with Crippen molar-refractivity contribution < 1.29 is 39.6 Å².